The minimum atomic E-state index is 0.509. The van der Waals surface area contributed by atoms with Crippen molar-refractivity contribution in [2.24, 2.45) is 0 Å². The van der Waals surface area contributed by atoms with Gasteiger partial charge in [0.05, 0.1) is 0 Å². The Balaban J connectivity index is 2.27. The third kappa shape index (κ3) is 2.70. The van der Waals surface area contributed by atoms with E-state index in [1.165, 1.54) is 11.8 Å². The number of aromatic nitrogens is 3. The SMILES string of the molecule is Cc1cc(C)nc(Sc2cccc(N)n2)n1. The van der Waals surface area contributed by atoms with Gasteiger partial charge in [0.1, 0.15) is 10.8 Å². The monoisotopic (exact) mass is 232 g/mol. The molecule has 2 aromatic heterocycles. The second-order valence-corrected chi connectivity index (χ2v) is 4.42. The zero-order valence-corrected chi connectivity index (χ0v) is 9.95. The standard InChI is InChI=1S/C11H12N4S/c1-7-6-8(2)14-11(13-7)16-10-5-3-4-9(12)15-10/h3-6H,1-2H3,(H2,12,15). The van der Waals surface area contributed by atoms with Gasteiger partial charge in [-0.3, -0.25) is 0 Å². The fraction of sp³-hybridized carbons (Fsp3) is 0.182. The number of pyridine rings is 1. The molecule has 0 unspecified atom stereocenters. The van der Waals surface area contributed by atoms with Crippen molar-refractivity contribution < 1.29 is 0 Å². The smallest absolute Gasteiger partial charge is 0.194 e. The van der Waals surface area contributed by atoms with Crippen molar-refractivity contribution >= 4 is 17.6 Å². The van der Waals surface area contributed by atoms with Crippen molar-refractivity contribution in [3.8, 4) is 0 Å². The predicted molar refractivity (Wildman–Crippen MR) is 64.3 cm³/mol. The molecule has 2 rings (SSSR count). The van der Waals surface area contributed by atoms with Gasteiger partial charge in [-0.2, -0.15) is 0 Å². The number of hydrogen-bond acceptors (Lipinski definition) is 5. The van der Waals surface area contributed by atoms with Crippen molar-refractivity contribution in [1.82, 2.24) is 15.0 Å². The number of aryl methyl sites for hydroxylation is 2. The highest BCUT2D eigenvalue weighted by molar-refractivity contribution is 7.99. The van der Waals surface area contributed by atoms with E-state index in [0.717, 1.165) is 16.4 Å². The highest BCUT2D eigenvalue weighted by Gasteiger charge is 2.03. The lowest BCUT2D eigenvalue weighted by molar-refractivity contribution is 0.899. The third-order valence-electron chi connectivity index (χ3n) is 1.90. The highest BCUT2D eigenvalue weighted by Crippen LogP contribution is 2.23. The molecule has 0 aromatic carbocycles. The summed E-state index contributed by atoms with van der Waals surface area (Å²) in [5.74, 6) is 0.509. The minimum Gasteiger partial charge on any atom is -0.384 e. The first-order chi connectivity index (χ1) is 7.63. The normalized spacial score (nSPS) is 10.4. The largest absolute Gasteiger partial charge is 0.384 e. The molecule has 0 aliphatic carbocycles. The first kappa shape index (κ1) is 10.9. The van der Waals surface area contributed by atoms with Crippen LogP contribution in [0.25, 0.3) is 0 Å². The van der Waals surface area contributed by atoms with Gasteiger partial charge in [0.25, 0.3) is 0 Å². The Bertz CT molecular complexity index is 493. The van der Waals surface area contributed by atoms with E-state index >= 15 is 0 Å². The average molecular weight is 232 g/mol. The van der Waals surface area contributed by atoms with Crippen LogP contribution in [0, 0.1) is 13.8 Å². The van der Waals surface area contributed by atoms with Crippen molar-refractivity contribution in [1.29, 1.82) is 0 Å². The Morgan fingerprint density at radius 1 is 1.06 bits per heavy atom. The molecule has 2 aromatic rings. The van der Waals surface area contributed by atoms with E-state index < -0.39 is 0 Å². The molecule has 0 amide bonds. The maximum atomic E-state index is 5.61. The molecule has 0 radical (unpaired) electrons. The molecule has 0 saturated carbocycles. The Labute approximate surface area is 98.3 Å². The lowest BCUT2D eigenvalue weighted by Gasteiger charge is -2.02. The van der Waals surface area contributed by atoms with Gasteiger partial charge in [0.15, 0.2) is 5.16 Å². The molecule has 4 nitrogen and oxygen atoms in total. The Morgan fingerprint density at radius 2 is 1.75 bits per heavy atom. The van der Waals surface area contributed by atoms with Crippen LogP contribution >= 0.6 is 11.8 Å². The van der Waals surface area contributed by atoms with E-state index in [2.05, 4.69) is 15.0 Å². The maximum absolute atomic E-state index is 5.61. The van der Waals surface area contributed by atoms with Crippen molar-refractivity contribution in [2.75, 3.05) is 5.73 Å². The molecular formula is C11H12N4S. The number of rotatable bonds is 2. The van der Waals surface area contributed by atoms with Crippen LogP contribution in [0.2, 0.25) is 0 Å². The predicted octanol–water partition coefficient (Wildman–Crippen LogP) is 2.22. The zero-order chi connectivity index (χ0) is 11.5. The summed E-state index contributed by atoms with van der Waals surface area (Å²) in [5, 5.41) is 1.51. The Kier molecular flexibility index (Phi) is 3.05. The van der Waals surface area contributed by atoms with Gasteiger partial charge in [-0.05, 0) is 43.8 Å². The maximum Gasteiger partial charge on any atom is 0.194 e. The van der Waals surface area contributed by atoms with Gasteiger partial charge in [-0.15, -0.1) is 0 Å². The summed E-state index contributed by atoms with van der Waals surface area (Å²) in [6.45, 7) is 3.90. The van der Waals surface area contributed by atoms with Crippen molar-refractivity contribution in [2.45, 2.75) is 24.0 Å². The Morgan fingerprint density at radius 3 is 2.38 bits per heavy atom. The van der Waals surface area contributed by atoms with E-state index in [1.54, 1.807) is 6.07 Å². The van der Waals surface area contributed by atoms with Gasteiger partial charge in [-0.25, -0.2) is 15.0 Å². The lowest BCUT2D eigenvalue weighted by atomic mass is 10.4. The van der Waals surface area contributed by atoms with E-state index in [4.69, 9.17) is 5.73 Å². The van der Waals surface area contributed by atoms with Crippen LogP contribution in [0.1, 0.15) is 11.4 Å². The van der Waals surface area contributed by atoms with Gasteiger partial charge >= 0.3 is 0 Å². The number of nitrogens with two attached hydrogens (primary N) is 1. The summed E-state index contributed by atoms with van der Waals surface area (Å²) in [5.41, 5.74) is 7.52. The number of nitrogen functional groups attached to an aromatic ring is 1. The fourth-order valence-corrected chi connectivity index (χ4v) is 2.18. The number of nitrogens with zero attached hydrogens (tertiary/aromatic N) is 3. The summed E-state index contributed by atoms with van der Waals surface area (Å²) >= 11 is 1.42. The summed E-state index contributed by atoms with van der Waals surface area (Å²) < 4.78 is 0. The van der Waals surface area contributed by atoms with Crippen molar-refractivity contribution in [3.63, 3.8) is 0 Å². The van der Waals surface area contributed by atoms with Gasteiger partial charge in [0.2, 0.25) is 0 Å². The molecule has 0 saturated heterocycles. The molecule has 5 heteroatoms. The second-order valence-electron chi connectivity index (χ2n) is 3.44. The van der Waals surface area contributed by atoms with Crippen LogP contribution in [0.4, 0.5) is 5.82 Å². The molecule has 0 spiro atoms. The van der Waals surface area contributed by atoms with Gasteiger partial charge in [-0.1, -0.05) is 6.07 Å². The van der Waals surface area contributed by atoms with E-state index in [0.29, 0.717) is 11.0 Å². The topological polar surface area (TPSA) is 64.7 Å². The second kappa shape index (κ2) is 4.49. The molecule has 2 N–H and O–H groups in total. The van der Waals surface area contributed by atoms with Crippen LogP contribution in [0.15, 0.2) is 34.4 Å². The first-order valence-corrected chi connectivity index (χ1v) is 5.68. The van der Waals surface area contributed by atoms with Crippen LogP contribution in [-0.4, -0.2) is 15.0 Å². The summed E-state index contributed by atoms with van der Waals surface area (Å²) in [6, 6.07) is 7.46. The molecule has 0 fully saturated rings. The molecule has 0 atom stereocenters. The van der Waals surface area contributed by atoms with Crippen LogP contribution in [-0.2, 0) is 0 Å². The third-order valence-corrected chi connectivity index (χ3v) is 2.70. The molecule has 16 heavy (non-hydrogen) atoms. The Hall–Kier alpha value is -1.62. The first-order valence-electron chi connectivity index (χ1n) is 4.86. The van der Waals surface area contributed by atoms with Crippen LogP contribution in [0.5, 0.6) is 0 Å². The quantitative estimate of drug-likeness (QED) is 0.804. The number of anilines is 1. The summed E-state index contributed by atoms with van der Waals surface area (Å²) in [6.07, 6.45) is 0. The van der Waals surface area contributed by atoms with E-state index in [9.17, 15) is 0 Å². The van der Waals surface area contributed by atoms with Crippen LogP contribution < -0.4 is 5.73 Å². The van der Waals surface area contributed by atoms with E-state index in [-0.39, 0.29) is 0 Å². The van der Waals surface area contributed by atoms with E-state index in [1.807, 2.05) is 32.0 Å². The molecule has 82 valence electrons. The van der Waals surface area contributed by atoms with Gasteiger partial charge in [0, 0.05) is 11.4 Å². The zero-order valence-electron chi connectivity index (χ0n) is 9.14. The molecule has 0 aliphatic rings. The van der Waals surface area contributed by atoms with Gasteiger partial charge < -0.3 is 5.73 Å². The van der Waals surface area contributed by atoms with Crippen molar-refractivity contribution in [3.05, 3.63) is 35.7 Å². The highest BCUT2D eigenvalue weighted by atomic mass is 32.2. The molecular weight excluding hydrogens is 220 g/mol. The fourth-order valence-electron chi connectivity index (χ4n) is 1.32. The number of hydrogen-bond donors (Lipinski definition) is 1. The summed E-state index contributed by atoms with van der Waals surface area (Å²) in [4.78, 5) is 12.8. The molecule has 0 aliphatic heterocycles. The summed E-state index contributed by atoms with van der Waals surface area (Å²) in [7, 11) is 0. The van der Waals surface area contributed by atoms with Crippen LogP contribution in [0.3, 0.4) is 0 Å². The molecule has 2 heterocycles. The lowest BCUT2D eigenvalue weighted by Crippen LogP contribution is -1.94. The minimum absolute atomic E-state index is 0.509. The molecule has 0 bridgehead atoms. The average Bonchev–Trinajstić information content (AvgIpc) is 2.15.